The maximum absolute atomic E-state index is 13.5. The monoisotopic (exact) mass is 470 g/mol. The molecule has 1 aromatic heterocycles. The molecular weight excluding hydrogens is 447 g/mol. The van der Waals surface area contributed by atoms with Crippen molar-refractivity contribution in [2.45, 2.75) is 18.0 Å². The van der Waals surface area contributed by atoms with E-state index in [1.165, 1.54) is 23.1 Å². The first-order valence-electron chi connectivity index (χ1n) is 11.3. The number of fused-ring (bicyclic) bond motifs is 1. The van der Waals surface area contributed by atoms with Crippen LogP contribution >= 0.6 is 0 Å². The molecule has 7 nitrogen and oxygen atoms in total. The number of aliphatic hydroxyl groups excluding tert-OH is 1. The van der Waals surface area contributed by atoms with Crippen LogP contribution in [0.15, 0.2) is 73.1 Å². The molecule has 0 aliphatic carbocycles. The number of urea groups is 1. The summed E-state index contributed by atoms with van der Waals surface area (Å²) in [6.45, 7) is 0.0608. The number of halogens is 1. The average Bonchev–Trinajstić information content (AvgIpc) is 2.85. The van der Waals surface area contributed by atoms with Gasteiger partial charge >= 0.3 is 6.03 Å². The number of carbonyl (C=O) groups excluding carboxylic acids is 2. The van der Waals surface area contributed by atoms with Crippen LogP contribution in [0, 0.1) is 17.7 Å². The van der Waals surface area contributed by atoms with Crippen LogP contribution in [0.4, 0.5) is 14.9 Å². The van der Waals surface area contributed by atoms with E-state index in [-0.39, 0.29) is 37.1 Å². The van der Waals surface area contributed by atoms with E-state index in [9.17, 15) is 19.1 Å². The summed E-state index contributed by atoms with van der Waals surface area (Å²) in [5.74, 6) is 5.39. The number of hydrogen-bond donors (Lipinski definition) is 2. The van der Waals surface area contributed by atoms with Crippen LogP contribution in [0.25, 0.3) is 0 Å². The van der Waals surface area contributed by atoms with Gasteiger partial charge in [0, 0.05) is 41.7 Å². The van der Waals surface area contributed by atoms with Crippen LogP contribution in [-0.2, 0) is 4.79 Å². The molecule has 2 aromatic carbocycles. The third-order valence-electron chi connectivity index (χ3n) is 6.42. The molecule has 0 spiro atoms. The molecule has 8 heteroatoms. The number of benzene rings is 2. The van der Waals surface area contributed by atoms with Crippen LogP contribution in [0.3, 0.4) is 0 Å². The highest BCUT2D eigenvalue weighted by Crippen LogP contribution is 2.43. The minimum Gasteiger partial charge on any atom is -0.394 e. The maximum atomic E-state index is 13.5. The highest BCUT2D eigenvalue weighted by atomic mass is 19.1. The second-order valence-corrected chi connectivity index (χ2v) is 8.58. The fourth-order valence-electron chi connectivity index (χ4n) is 4.79. The van der Waals surface area contributed by atoms with E-state index in [1.54, 1.807) is 23.4 Å². The molecule has 2 aliphatic heterocycles. The summed E-state index contributed by atoms with van der Waals surface area (Å²) in [4.78, 5) is 32.7. The summed E-state index contributed by atoms with van der Waals surface area (Å²) in [5, 5.41) is 12.6. The van der Waals surface area contributed by atoms with Crippen molar-refractivity contribution in [1.29, 1.82) is 0 Å². The smallest absolute Gasteiger partial charge is 0.322 e. The quantitative estimate of drug-likeness (QED) is 0.577. The Hall–Kier alpha value is -4.22. The lowest BCUT2D eigenvalue weighted by Crippen LogP contribution is -2.73. The van der Waals surface area contributed by atoms with Gasteiger partial charge in [0.1, 0.15) is 12.4 Å². The van der Waals surface area contributed by atoms with Crippen molar-refractivity contribution >= 4 is 17.6 Å². The molecule has 2 saturated heterocycles. The van der Waals surface area contributed by atoms with E-state index >= 15 is 0 Å². The van der Waals surface area contributed by atoms with Gasteiger partial charge in [0.2, 0.25) is 5.91 Å². The van der Waals surface area contributed by atoms with Gasteiger partial charge in [-0.1, -0.05) is 30.0 Å². The average molecular weight is 471 g/mol. The molecule has 5 rings (SSSR count). The molecule has 0 radical (unpaired) electrons. The van der Waals surface area contributed by atoms with E-state index in [0.717, 1.165) is 16.7 Å². The van der Waals surface area contributed by atoms with E-state index in [2.05, 4.69) is 22.1 Å². The molecule has 3 amide bonds. The minimum absolute atomic E-state index is 0.0935. The summed E-state index contributed by atoms with van der Waals surface area (Å²) in [5.41, 5.74) is 2.96. The summed E-state index contributed by atoms with van der Waals surface area (Å²) in [6, 6.07) is 16.0. The molecule has 0 unspecified atom stereocenters. The van der Waals surface area contributed by atoms with Gasteiger partial charge in [0.15, 0.2) is 0 Å². The molecule has 35 heavy (non-hydrogen) atoms. The largest absolute Gasteiger partial charge is 0.394 e. The Kier molecular flexibility index (Phi) is 6.17. The highest BCUT2D eigenvalue weighted by molar-refractivity contribution is 5.93. The Balaban J connectivity index is 1.31. The molecule has 0 bridgehead atoms. The summed E-state index contributed by atoms with van der Waals surface area (Å²) >= 11 is 0. The lowest BCUT2D eigenvalue weighted by molar-refractivity contribution is -0.159. The molecular formula is C27H23FN4O3. The van der Waals surface area contributed by atoms with Crippen molar-refractivity contribution in [3.8, 4) is 11.8 Å². The number of aromatic nitrogens is 1. The number of rotatable bonds is 3. The van der Waals surface area contributed by atoms with E-state index in [4.69, 9.17) is 0 Å². The van der Waals surface area contributed by atoms with E-state index in [0.29, 0.717) is 12.2 Å². The molecule has 176 valence electrons. The SMILES string of the molecule is O=C(Nc1cccc(F)c1)N1CC(=O)N2[C@H](CO)[C@@H](c3ccc(C#Cc4cccnc4)cc3)[C@@H]2C1. The number of amides is 3. The lowest BCUT2D eigenvalue weighted by atomic mass is 9.73. The van der Waals surface area contributed by atoms with Gasteiger partial charge in [0.05, 0.1) is 18.7 Å². The normalized spacial score (nSPS) is 20.9. The van der Waals surface area contributed by atoms with E-state index in [1.807, 2.05) is 36.4 Å². The molecule has 3 aromatic rings. The minimum atomic E-state index is -0.462. The second-order valence-electron chi connectivity index (χ2n) is 8.58. The number of aliphatic hydroxyl groups is 1. The van der Waals surface area contributed by atoms with Crippen molar-refractivity contribution in [2.75, 3.05) is 25.0 Å². The van der Waals surface area contributed by atoms with Gasteiger partial charge in [0.25, 0.3) is 0 Å². The molecule has 2 fully saturated rings. The zero-order chi connectivity index (χ0) is 24.4. The predicted octanol–water partition coefficient (Wildman–Crippen LogP) is 2.82. The number of piperazine rings is 1. The molecule has 3 heterocycles. The van der Waals surface area contributed by atoms with Crippen molar-refractivity contribution < 1.29 is 19.1 Å². The van der Waals surface area contributed by atoms with Crippen molar-refractivity contribution in [3.05, 3.63) is 95.6 Å². The van der Waals surface area contributed by atoms with Crippen LogP contribution in [0.1, 0.15) is 22.6 Å². The zero-order valence-electron chi connectivity index (χ0n) is 18.8. The van der Waals surface area contributed by atoms with E-state index < -0.39 is 11.8 Å². The third-order valence-corrected chi connectivity index (χ3v) is 6.42. The molecule has 0 saturated carbocycles. The highest BCUT2D eigenvalue weighted by Gasteiger charge is 2.54. The fraction of sp³-hybridized carbons (Fsp3) is 0.222. The predicted molar refractivity (Wildman–Crippen MR) is 128 cm³/mol. The van der Waals surface area contributed by atoms with Gasteiger partial charge in [-0.25, -0.2) is 9.18 Å². The van der Waals surface area contributed by atoms with Crippen LogP contribution in [-0.4, -0.2) is 63.6 Å². The first kappa shape index (κ1) is 22.6. The maximum Gasteiger partial charge on any atom is 0.322 e. The van der Waals surface area contributed by atoms with Gasteiger partial charge in [-0.05, 0) is 48.0 Å². The standard InChI is InChI=1S/C27H23FN4O3/c28-21-4-1-5-22(13-21)30-27(35)31-15-23-26(24(17-33)32(23)25(34)16-31)20-10-8-18(9-11-20)6-7-19-3-2-12-29-14-19/h1-5,8-14,23-24,26,33H,15-17H2,(H,30,35)/t23-,24+,26-/m0/s1. The van der Waals surface area contributed by atoms with Crippen molar-refractivity contribution in [1.82, 2.24) is 14.8 Å². The number of nitrogens with one attached hydrogen (secondary N) is 1. The first-order chi connectivity index (χ1) is 17.0. The summed E-state index contributed by atoms with van der Waals surface area (Å²) in [7, 11) is 0. The first-order valence-corrected chi connectivity index (χ1v) is 11.3. The topological polar surface area (TPSA) is 85.8 Å². The van der Waals surface area contributed by atoms with Crippen LogP contribution in [0.2, 0.25) is 0 Å². The number of carbonyl (C=O) groups is 2. The second kappa shape index (κ2) is 9.57. The molecule has 3 atom stereocenters. The molecule has 2 aliphatic rings. The van der Waals surface area contributed by atoms with Gasteiger partial charge < -0.3 is 20.2 Å². The number of hydrogen-bond acceptors (Lipinski definition) is 4. The zero-order valence-corrected chi connectivity index (χ0v) is 18.8. The lowest BCUT2D eigenvalue weighted by Gasteiger charge is -2.58. The Bertz CT molecular complexity index is 1300. The Labute approximate surface area is 202 Å². The number of pyridine rings is 1. The van der Waals surface area contributed by atoms with Crippen molar-refractivity contribution in [2.24, 2.45) is 0 Å². The van der Waals surface area contributed by atoms with Crippen LogP contribution in [0.5, 0.6) is 0 Å². The Morgan fingerprint density at radius 2 is 1.91 bits per heavy atom. The Morgan fingerprint density at radius 3 is 2.63 bits per heavy atom. The summed E-state index contributed by atoms with van der Waals surface area (Å²) in [6.07, 6.45) is 3.40. The Morgan fingerprint density at radius 1 is 1.11 bits per heavy atom. The fourth-order valence-corrected chi connectivity index (χ4v) is 4.79. The van der Waals surface area contributed by atoms with Crippen molar-refractivity contribution in [3.63, 3.8) is 0 Å². The third kappa shape index (κ3) is 4.59. The number of anilines is 1. The summed E-state index contributed by atoms with van der Waals surface area (Å²) < 4.78 is 13.5. The van der Waals surface area contributed by atoms with Gasteiger partial charge in [-0.2, -0.15) is 0 Å². The number of nitrogens with zero attached hydrogens (tertiary/aromatic N) is 3. The van der Waals surface area contributed by atoms with Crippen LogP contribution < -0.4 is 5.32 Å². The van der Waals surface area contributed by atoms with Gasteiger partial charge in [-0.15, -0.1) is 0 Å². The molecule has 2 N–H and O–H groups in total. The van der Waals surface area contributed by atoms with Gasteiger partial charge in [-0.3, -0.25) is 9.78 Å².